The number of amides is 1. The predicted octanol–water partition coefficient (Wildman–Crippen LogP) is 3.98. The fourth-order valence-corrected chi connectivity index (χ4v) is 5.86. The Bertz CT molecular complexity index is 1140. The van der Waals surface area contributed by atoms with Gasteiger partial charge in [-0.15, -0.1) is 0 Å². The minimum absolute atomic E-state index is 0.0478. The molecule has 1 atom stereocenters. The Morgan fingerprint density at radius 2 is 2.03 bits per heavy atom. The zero-order chi connectivity index (χ0) is 21.1. The first-order chi connectivity index (χ1) is 14.4. The van der Waals surface area contributed by atoms with Gasteiger partial charge in [0.2, 0.25) is 5.91 Å². The molecule has 0 spiro atoms. The molecule has 1 aliphatic heterocycles. The van der Waals surface area contributed by atoms with Crippen molar-refractivity contribution in [1.29, 1.82) is 0 Å². The molecule has 1 saturated heterocycles. The summed E-state index contributed by atoms with van der Waals surface area (Å²) < 4.78 is 32.0. The lowest BCUT2D eigenvalue weighted by molar-refractivity contribution is -0.118. The summed E-state index contributed by atoms with van der Waals surface area (Å²) >= 11 is 1.45. The monoisotopic (exact) mass is 444 g/mol. The second-order valence-corrected chi connectivity index (χ2v) is 10.6. The highest BCUT2D eigenvalue weighted by molar-refractivity contribution is 7.91. The molecule has 4 rings (SSSR count). The van der Waals surface area contributed by atoms with Crippen molar-refractivity contribution in [2.24, 2.45) is 0 Å². The quantitative estimate of drug-likeness (QED) is 0.551. The van der Waals surface area contributed by atoms with Crippen LogP contribution in [0.2, 0.25) is 0 Å². The van der Waals surface area contributed by atoms with E-state index in [4.69, 9.17) is 4.74 Å². The average molecular weight is 445 g/mol. The number of nitrogens with zero attached hydrogens (tertiary/aromatic N) is 2. The molecular formula is C22H24N2O4S2. The van der Waals surface area contributed by atoms with Crippen LogP contribution in [-0.2, 0) is 19.4 Å². The molecule has 3 aromatic rings. The number of ether oxygens (including phenoxy) is 1. The molecule has 8 heteroatoms. The van der Waals surface area contributed by atoms with Gasteiger partial charge in [-0.05, 0) is 49.6 Å². The van der Waals surface area contributed by atoms with Gasteiger partial charge in [-0.2, -0.15) is 0 Å². The minimum atomic E-state index is -3.52. The van der Waals surface area contributed by atoms with Gasteiger partial charge in [-0.3, -0.25) is 9.69 Å². The van der Waals surface area contributed by atoms with E-state index in [1.807, 2.05) is 25.1 Å². The summed E-state index contributed by atoms with van der Waals surface area (Å²) in [5.41, 5.74) is 1.96. The molecule has 0 saturated carbocycles. The van der Waals surface area contributed by atoms with Crippen LogP contribution in [0.15, 0.2) is 53.4 Å². The number of hydrogen-bond acceptors (Lipinski definition) is 6. The molecule has 1 aliphatic rings. The van der Waals surface area contributed by atoms with Crippen LogP contribution in [0.3, 0.4) is 0 Å². The van der Waals surface area contributed by atoms with Gasteiger partial charge in [0.05, 0.1) is 33.5 Å². The van der Waals surface area contributed by atoms with Crippen LogP contribution in [0.25, 0.3) is 10.2 Å². The summed E-state index contributed by atoms with van der Waals surface area (Å²) in [7, 11) is -3.52. The number of carbonyl (C=O) groups is 1. The zero-order valence-corrected chi connectivity index (χ0v) is 18.4. The SMILES string of the molecule is Cc1ccc2nc(N(CC3CCCO3)C(=O)CCS(=O)(=O)c3ccccc3)sc2c1. The smallest absolute Gasteiger partial charge is 0.229 e. The molecule has 0 N–H and O–H groups in total. The maximum absolute atomic E-state index is 13.1. The van der Waals surface area contributed by atoms with Gasteiger partial charge in [0.15, 0.2) is 15.0 Å². The van der Waals surface area contributed by atoms with Gasteiger partial charge >= 0.3 is 0 Å². The summed E-state index contributed by atoms with van der Waals surface area (Å²) in [6, 6.07) is 14.2. The Hall–Kier alpha value is -2.29. The topological polar surface area (TPSA) is 76.6 Å². The van der Waals surface area contributed by atoms with Gasteiger partial charge < -0.3 is 4.74 Å². The van der Waals surface area contributed by atoms with Crippen LogP contribution >= 0.6 is 11.3 Å². The number of fused-ring (bicyclic) bond motifs is 1. The highest BCUT2D eigenvalue weighted by Crippen LogP contribution is 2.31. The van der Waals surface area contributed by atoms with Gasteiger partial charge in [0.25, 0.3) is 0 Å². The van der Waals surface area contributed by atoms with Gasteiger partial charge in [-0.1, -0.05) is 35.6 Å². The number of sulfone groups is 1. The van der Waals surface area contributed by atoms with Crippen LogP contribution in [0.1, 0.15) is 24.8 Å². The Labute approximate surface area is 180 Å². The van der Waals surface area contributed by atoms with Crippen LogP contribution in [0.5, 0.6) is 0 Å². The van der Waals surface area contributed by atoms with Crippen molar-refractivity contribution in [3.8, 4) is 0 Å². The molecule has 1 amide bonds. The van der Waals surface area contributed by atoms with E-state index < -0.39 is 9.84 Å². The van der Waals surface area contributed by atoms with Gasteiger partial charge in [0, 0.05) is 13.0 Å². The van der Waals surface area contributed by atoms with Gasteiger partial charge in [-0.25, -0.2) is 13.4 Å². The van der Waals surface area contributed by atoms with E-state index in [1.54, 1.807) is 35.2 Å². The zero-order valence-electron chi connectivity index (χ0n) is 16.8. The number of anilines is 1. The first kappa shape index (κ1) is 21.0. The number of rotatable bonds is 7. The molecule has 2 aromatic carbocycles. The molecule has 0 bridgehead atoms. The molecule has 6 nitrogen and oxygen atoms in total. The van der Waals surface area contributed by atoms with Crippen molar-refractivity contribution >= 4 is 42.4 Å². The average Bonchev–Trinajstić information content (AvgIpc) is 3.40. The Kier molecular flexibility index (Phi) is 6.17. The van der Waals surface area contributed by atoms with Crippen molar-refractivity contribution in [2.75, 3.05) is 23.8 Å². The van der Waals surface area contributed by atoms with Crippen LogP contribution < -0.4 is 4.90 Å². The van der Waals surface area contributed by atoms with Crippen LogP contribution in [0, 0.1) is 6.92 Å². The lowest BCUT2D eigenvalue weighted by Gasteiger charge is -2.23. The number of aromatic nitrogens is 1. The Morgan fingerprint density at radius 3 is 2.77 bits per heavy atom. The Balaban J connectivity index is 1.56. The normalized spacial score (nSPS) is 16.8. The maximum atomic E-state index is 13.1. The molecule has 1 unspecified atom stereocenters. The van der Waals surface area contributed by atoms with Crippen LogP contribution in [-0.4, -0.2) is 44.3 Å². The van der Waals surface area contributed by atoms with Crippen LogP contribution in [0.4, 0.5) is 5.13 Å². The second-order valence-electron chi connectivity index (χ2n) is 7.49. The van der Waals surface area contributed by atoms with Crippen molar-refractivity contribution < 1.29 is 17.9 Å². The summed E-state index contributed by atoms with van der Waals surface area (Å²) in [6.45, 7) is 3.10. The number of carbonyl (C=O) groups excluding carboxylic acids is 1. The molecule has 30 heavy (non-hydrogen) atoms. The van der Waals surface area contributed by atoms with E-state index in [9.17, 15) is 13.2 Å². The lowest BCUT2D eigenvalue weighted by atomic mass is 10.2. The largest absolute Gasteiger partial charge is 0.376 e. The third-order valence-corrected chi connectivity index (χ3v) is 7.93. The standard InChI is InChI=1S/C22H24N2O4S2/c1-16-9-10-19-20(14-16)29-22(23-19)24(15-17-6-5-12-28-17)21(25)11-13-30(26,27)18-7-3-2-4-8-18/h2-4,7-10,14,17H,5-6,11-13,15H2,1H3. The molecule has 158 valence electrons. The number of thiazole rings is 1. The molecule has 1 aromatic heterocycles. The van der Waals surface area contributed by atoms with E-state index in [0.717, 1.165) is 28.6 Å². The Morgan fingerprint density at radius 1 is 1.23 bits per heavy atom. The third kappa shape index (κ3) is 4.71. The third-order valence-electron chi connectivity index (χ3n) is 5.16. The van der Waals surface area contributed by atoms with Crippen molar-refractivity contribution in [1.82, 2.24) is 4.98 Å². The fourth-order valence-electron chi connectivity index (χ4n) is 3.52. The van der Waals surface area contributed by atoms with E-state index in [2.05, 4.69) is 4.98 Å². The predicted molar refractivity (Wildman–Crippen MR) is 119 cm³/mol. The van der Waals surface area contributed by atoms with E-state index in [-0.39, 0.29) is 29.1 Å². The first-order valence-corrected chi connectivity index (χ1v) is 12.5. The number of aryl methyl sites for hydroxylation is 1. The van der Waals surface area contributed by atoms with Crippen molar-refractivity contribution in [3.05, 3.63) is 54.1 Å². The first-order valence-electron chi connectivity index (χ1n) is 9.99. The molecule has 2 heterocycles. The molecule has 0 aliphatic carbocycles. The summed E-state index contributed by atoms with van der Waals surface area (Å²) in [5.74, 6) is -0.484. The van der Waals surface area contributed by atoms with Gasteiger partial charge in [0.1, 0.15) is 0 Å². The van der Waals surface area contributed by atoms with Crippen molar-refractivity contribution in [2.45, 2.75) is 37.2 Å². The number of benzene rings is 2. The van der Waals surface area contributed by atoms with E-state index >= 15 is 0 Å². The highest BCUT2D eigenvalue weighted by Gasteiger charge is 2.27. The highest BCUT2D eigenvalue weighted by atomic mass is 32.2. The minimum Gasteiger partial charge on any atom is -0.376 e. The second kappa shape index (κ2) is 8.83. The van der Waals surface area contributed by atoms with E-state index in [1.165, 1.54) is 11.3 Å². The maximum Gasteiger partial charge on any atom is 0.229 e. The molecule has 0 radical (unpaired) electrons. The summed E-state index contributed by atoms with van der Waals surface area (Å²) in [6.07, 6.45) is 1.71. The fraction of sp³-hybridized carbons (Fsp3) is 0.364. The summed E-state index contributed by atoms with van der Waals surface area (Å²) in [4.78, 5) is 19.6. The van der Waals surface area contributed by atoms with E-state index in [0.29, 0.717) is 18.3 Å². The lowest BCUT2D eigenvalue weighted by Crippen LogP contribution is -2.38. The summed E-state index contributed by atoms with van der Waals surface area (Å²) in [5, 5.41) is 0.591. The molecular weight excluding hydrogens is 420 g/mol. The molecule has 1 fully saturated rings. The van der Waals surface area contributed by atoms with Crippen molar-refractivity contribution in [3.63, 3.8) is 0 Å². The number of hydrogen-bond donors (Lipinski definition) is 0.